The molecule has 0 saturated heterocycles. The van der Waals surface area contributed by atoms with E-state index in [1.54, 1.807) is 0 Å². The second kappa shape index (κ2) is 6.28. The van der Waals surface area contributed by atoms with E-state index in [4.69, 9.17) is 0 Å². The van der Waals surface area contributed by atoms with E-state index in [1.165, 1.54) is 0 Å². The van der Waals surface area contributed by atoms with E-state index in [0.29, 0.717) is 6.42 Å². The van der Waals surface area contributed by atoms with Crippen LogP contribution in [0.3, 0.4) is 0 Å². The zero-order valence-corrected chi connectivity index (χ0v) is 13.3. The molecule has 0 aliphatic heterocycles. The topological polar surface area (TPSA) is 63.2 Å². The molecule has 0 aromatic heterocycles. The van der Waals surface area contributed by atoms with Crippen molar-refractivity contribution in [1.29, 1.82) is 0 Å². The first kappa shape index (κ1) is 18.5. The Morgan fingerprint density at radius 1 is 1.09 bits per heavy atom. The van der Waals surface area contributed by atoms with Gasteiger partial charge in [-0.2, -0.15) is 13.2 Å². The zero-order valence-electron chi connectivity index (χ0n) is 12.5. The Hall–Kier alpha value is -1.57. The molecule has 0 radical (unpaired) electrons. The Morgan fingerprint density at radius 2 is 1.59 bits per heavy atom. The zero-order chi connectivity index (χ0) is 17.2. The van der Waals surface area contributed by atoms with Crippen LogP contribution in [0.1, 0.15) is 43.1 Å². The van der Waals surface area contributed by atoms with Crippen molar-refractivity contribution in [3.63, 3.8) is 0 Å². The molecule has 0 aliphatic rings. The molecule has 1 aromatic rings. The van der Waals surface area contributed by atoms with Crippen LogP contribution in [0.15, 0.2) is 24.3 Å². The Kier molecular flexibility index (Phi) is 5.27. The number of carbonyl (C=O) groups excluding carboxylic acids is 1. The van der Waals surface area contributed by atoms with E-state index in [0.717, 1.165) is 24.3 Å². The van der Waals surface area contributed by atoms with Crippen LogP contribution >= 0.6 is 0 Å². The molecular formula is C14H18F3NO3S. The molecule has 1 N–H and O–H groups in total. The van der Waals surface area contributed by atoms with Gasteiger partial charge in [-0.25, -0.2) is 13.1 Å². The number of hydrogen-bond acceptors (Lipinski definition) is 3. The molecule has 0 spiro atoms. The van der Waals surface area contributed by atoms with Crippen molar-refractivity contribution in [2.24, 2.45) is 5.41 Å². The van der Waals surface area contributed by atoms with Crippen LogP contribution in [0.2, 0.25) is 0 Å². The summed E-state index contributed by atoms with van der Waals surface area (Å²) in [7, 11) is -3.82. The SMILES string of the molecule is CC(C)(C)CCS(=O)(=O)NC(=O)c1ccc(C(F)(F)F)cc1. The van der Waals surface area contributed by atoms with Crippen molar-refractivity contribution in [3.05, 3.63) is 35.4 Å². The van der Waals surface area contributed by atoms with E-state index in [-0.39, 0.29) is 16.7 Å². The number of benzene rings is 1. The van der Waals surface area contributed by atoms with Crippen LogP contribution in [0.5, 0.6) is 0 Å². The summed E-state index contributed by atoms with van der Waals surface area (Å²) in [6.07, 6.45) is -4.16. The Balaban J connectivity index is 2.77. The fourth-order valence-electron chi connectivity index (χ4n) is 1.50. The fourth-order valence-corrected chi connectivity index (χ4v) is 2.89. The molecule has 22 heavy (non-hydrogen) atoms. The van der Waals surface area contributed by atoms with E-state index >= 15 is 0 Å². The van der Waals surface area contributed by atoms with Gasteiger partial charge in [-0.1, -0.05) is 20.8 Å². The Labute approximate surface area is 127 Å². The van der Waals surface area contributed by atoms with Crippen LogP contribution in [0.25, 0.3) is 0 Å². The Morgan fingerprint density at radius 3 is 2.00 bits per heavy atom. The van der Waals surface area contributed by atoms with Crippen LogP contribution in [0, 0.1) is 5.41 Å². The van der Waals surface area contributed by atoms with Crippen molar-refractivity contribution in [2.75, 3.05) is 5.75 Å². The maximum atomic E-state index is 12.4. The highest BCUT2D eigenvalue weighted by atomic mass is 32.2. The lowest BCUT2D eigenvalue weighted by molar-refractivity contribution is -0.137. The lowest BCUT2D eigenvalue weighted by Gasteiger charge is -2.17. The molecule has 1 rings (SSSR count). The number of amides is 1. The van der Waals surface area contributed by atoms with E-state index in [2.05, 4.69) is 0 Å². The fraction of sp³-hybridized carbons (Fsp3) is 0.500. The standard InChI is InChI=1S/C14H18F3NO3S/c1-13(2,3)8-9-22(20,21)18-12(19)10-4-6-11(7-5-10)14(15,16)17/h4-7H,8-9H2,1-3H3,(H,18,19). The van der Waals surface area contributed by atoms with Crippen LogP contribution in [-0.4, -0.2) is 20.1 Å². The number of halogens is 3. The van der Waals surface area contributed by atoms with E-state index < -0.39 is 27.7 Å². The molecular weight excluding hydrogens is 319 g/mol. The van der Waals surface area contributed by atoms with Crippen molar-refractivity contribution in [3.8, 4) is 0 Å². The quantitative estimate of drug-likeness (QED) is 0.918. The third-order valence-electron chi connectivity index (χ3n) is 2.84. The number of rotatable bonds is 4. The smallest absolute Gasteiger partial charge is 0.268 e. The van der Waals surface area contributed by atoms with Gasteiger partial charge in [0.15, 0.2) is 0 Å². The number of sulfonamides is 1. The van der Waals surface area contributed by atoms with Crippen molar-refractivity contribution >= 4 is 15.9 Å². The van der Waals surface area contributed by atoms with Gasteiger partial charge < -0.3 is 0 Å². The lowest BCUT2D eigenvalue weighted by atomic mass is 9.94. The van der Waals surface area contributed by atoms with Gasteiger partial charge in [-0.05, 0) is 36.1 Å². The van der Waals surface area contributed by atoms with Gasteiger partial charge in [-0.3, -0.25) is 4.79 Å². The summed E-state index contributed by atoms with van der Waals surface area (Å²) in [5.41, 5.74) is -1.27. The highest BCUT2D eigenvalue weighted by Gasteiger charge is 2.30. The monoisotopic (exact) mass is 337 g/mol. The van der Waals surface area contributed by atoms with Crippen LogP contribution in [0.4, 0.5) is 13.2 Å². The first-order valence-corrected chi connectivity index (χ1v) is 8.17. The van der Waals surface area contributed by atoms with Crippen molar-refractivity contribution in [1.82, 2.24) is 4.72 Å². The summed E-state index contributed by atoms with van der Waals surface area (Å²) in [6.45, 7) is 5.58. The maximum absolute atomic E-state index is 12.4. The molecule has 1 amide bonds. The average Bonchev–Trinajstić information content (AvgIpc) is 2.34. The minimum Gasteiger partial charge on any atom is -0.268 e. The molecule has 0 fully saturated rings. The lowest BCUT2D eigenvalue weighted by Crippen LogP contribution is -2.33. The van der Waals surface area contributed by atoms with Gasteiger partial charge in [0.25, 0.3) is 5.91 Å². The van der Waals surface area contributed by atoms with E-state index in [9.17, 15) is 26.4 Å². The second-order valence-corrected chi connectivity index (χ2v) is 7.98. The molecule has 0 heterocycles. The Bertz CT molecular complexity index is 629. The van der Waals surface area contributed by atoms with Gasteiger partial charge in [0, 0.05) is 5.56 Å². The van der Waals surface area contributed by atoms with Gasteiger partial charge >= 0.3 is 6.18 Å². The summed E-state index contributed by atoms with van der Waals surface area (Å²) in [6, 6.07) is 3.35. The predicted molar refractivity (Wildman–Crippen MR) is 76.8 cm³/mol. The second-order valence-electron chi connectivity index (χ2n) is 6.14. The molecule has 0 unspecified atom stereocenters. The molecule has 0 bridgehead atoms. The largest absolute Gasteiger partial charge is 0.416 e. The average molecular weight is 337 g/mol. The molecule has 0 saturated carbocycles. The third-order valence-corrected chi connectivity index (χ3v) is 4.08. The van der Waals surface area contributed by atoms with Gasteiger partial charge in [0.05, 0.1) is 11.3 Å². The van der Waals surface area contributed by atoms with Gasteiger partial charge in [-0.15, -0.1) is 0 Å². The minimum atomic E-state index is -4.51. The maximum Gasteiger partial charge on any atom is 0.416 e. The summed E-state index contributed by atoms with van der Waals surface area (Å²) in [5.74, 6) is -1.18. The highest BCUT2D eigenvalue weighted by Crippen LogP contribution is 2.29. The number of carbonyl (C=O) groups is 1. The number of hydrogen-bond donors (Lipinski definition) is 1. The van der Waals surface area contributed by atoms with Crippen molar-refractivity contribution in [2.45, 2.75) is 33.4 Å². The minimum absolute atomic E-state index is 0.146. The summed E-state index contributed by atoms with van der Waals surface area (Å²) < 4.78 is 62.6. The molecule has 0 aliphatic carbocycles. The predicted octanol–water partition coefficient (Wildman–Crippen LogP) is 3.20. The third kappa shape index (κ3) is 6.05. The molecule has 4 nitrogen and oxygen atoms in total. The van der Waals surface area contributed by atoms with Crippen molar-refractivity contribution < 1.29 is 26.4 Å². The van der Waals surface area contributed by atoms with Crippen LogP contribution in [-0.2, 0) is 16.2 Å². The number of nitrogens with one attached hydrogen (secondary N) is 1. The summed E-state index contributed by atoms with van der Waals surface area (Å²) in [5, 5.41) is 0. The number of alkyl halides is 3. The first-order chi connectivity index (χ1) is 9.80. The summed E-state index contributed by atoms with van der Waals surface area (Å²) in [4.78, 5) is 11.8. The summed E-state index contributed by atoms with van der Waals surface area (Å²) >= 11 is 0. The van der Waals surface area contributed by atoms with Gasteiger partial charge in [0.1, 0.15) is 0 Å². The molecule has 0 atom stereocenters. The molecule has 1 aromatic carbocycles. The molecule has 124 valence electrons. The van der Waals surface area contributed by atoms with Gasteiger partial charge in [0.2, 0.25) is 10.0 Å². The normalized spacial score (nSPS) is 13.0. The highest BCUT2D eigenvalue weighted by molar-refractivity contribution is 7.90. The first-order valence-electron chi connectivity index (χ1n) is 6.52. The molecule has 8 heteroatoms. The van der Waals surface area contributed by atoms with E-state index in [1.807, 2.05) is 25.5 Å². The van der Waals surface area contributed by atoms with Crippen LogP contribution < -0.4 is 4.72 Å².